The molecule has 1 rings (SSSR count). The molecule has 0 spiro atoms. The average Bonchev–Trinajstić information content (AvgIpc) is 3.13. The largest absolute Gasteiger partial charge is 0.343 e. The Morgan fingerprint density at radius 2 is 1.95 bits per heavy atom. The van der Waals surface area contributed by atoms with Crippen LogP contribution >= 0.6 is 0 Å². The fourth-order valence-corrected chi connectivity index (χ4v) is 2.69. The van der Waals surface area contributed by atoms with Crippen LogP contribution in [0, 0.1) is 17.3 Å². The van der Waals surface area contributed by atoms with Gasteiger partial charge in [-0.25, -0.2) is 0 Å². The first kappa shape index (κ1) is 16.5. The van der Waals surface area contributed by atoms with Gasteiger partial charge in [0.15, 0.2) is 0 Å². The van der Waals surface area contributed by atoms with E-state index in [0.717, 1.165) is 38.4 Å². The standard InChI is InChI=1S/C16H32N2O/c1-5-18(12-13-6-7-13)15(19)9-8-14(10-11-17)16(2,3)4/h13-14H,5-12,17H2,1-4H3. The van der Waals surface area contributed by atoms with Gasteiger partial charge in [-0.1, -0.05) is 20.8 Å². The molecule has 0 aromatic carbocycles. The van der Waals surface area contributed by atoms with Crippen LogP contribution in [0.5, 0.6) is 0 Å². The number of carbonyl (C=O) groups excluding carboxylic acids is 1. The van der Waals surface area contributed by atoms with Crippen LogP contribution in [0.3, 0.4) is 0 Å². The zero-order chi connectivity index (χ0) is 14.5. The normalized spacial score (nSPS) is 17.3. The SMILES string of the molecule is CCN(CC1CC1)C(=O)CCC(CCN)C(C)(C)C. The number of hydrogen-bond acceptors (Lipinski definition) is 2. The summed E-state index contributed by atoms with van der Waals surface area (Å²) in [5.74, 6) is 1.66. The van der Waals surface area contributed by atoms with Gasteiger partial charge in [0.05, 0.1) is 0 Å². The Kier molecular flexibility index (Phi) is 6.31. The maximum Gasteiger partial charge on any atom is 0.222 e. The predicted molar refractivity (Wildman–Crippen MR) is 80.8 cm³/mol. The lowest BCUT2D eigenvalue weighted by Gasteiger charge is -2.31. The number of rotatable bonds is 8. The summed E-state index contributed by atoms with van der Waals surface area (Å²) in [6.45, 7) is 11.4. The molecule has 0 radical (unpaired) electrons. The van der Waals surface area contributed by atoms with Crippen LogP contribution in [0.25, 0.3) is 0 Å². The monoisotopic (exact) mass is 268 g/mol. The molecule has 1 unspecified atom stereocenters. The van der Waals surface area contributed by atoms with Gasteiger partial charge in [0.2, 0.25) is 5.91 Å². The van der Waals surface area contributed by atoms with Gasteiger partial charge < -0.3 is 10.6 Å². The Balaban J connectivity index is 2.40. The maximum absolute atomic E-state index is 12.3. The van der Waals surface area contributed by atoms with Crippen molar-refractivity contribution in [1.82, 2.24) is 4.90 Å². The molecule has 1 atom stereocenters. The highest BCUT2D eigenvalue weighted by Gasteiger charge is 2.28. The van der Waals surface area contributed by atoms with Crippen molar-refractivity contribution in [1.29, 1.82) is 0 Å². The van der Waals surface area contributed by atoms with Gasteiger partial charge in [0.1, 0.15) is 0 Å². The number of carbonyl (C=O) groups is 1. The Hall–Kier alpha value is -0.570. The zero-order valence-electron chi connectivity index (χ0n) is 13.2. The lowest BCUT2D eigenvalue weighted by atomic mass is 9.76. The predicted octanol–water partition coefficient (Wildman–Crippen LogP) is 3.04. The van der Waals surface area contributed by atoms with E-state index >= 15 is 0 Å². The average molecular weight is 268 g/mol. The fourth-order valence-electron chi connectivity index (χ4n) is 2.69. The van der Waals surface area contributed by atoms with Gasteiger partial charge in [-0.05, 0) is 56.4 Å². The van der Waals surface area contributed by atoms with Crippen molar-refractivity contribution in [2.24, 2.45) is 23.0 Å². The van der Waals surface area contributed by atoms with E-state index in [0.29, 0.717) is 18.2 Å². The van der Waals surface area contributed by atoms with Gasteiger partial charge in [-0.15, -0.1) is 0 Å². The lowest BCUT2D eigenvalue weighted by Crippen LogP contribution is -2.33. The van der Waals surface area contributed by atoms with E-state index in [4.69, 9.17) is 5.73 Å². The Bertz CT molecular complexity index is 279. The van der Waals surface area contributed by atoms with Crippen LogP contribution in [-0.4, -0.2) is 30.4 Å². The molecule has 1 aliphatic rings. The summed E-state index contributed by atoms with van der Waals surface area (Å²) in [6, 6.07) is 0. The Labute approximate surface area is 118 Å². The highest BCUT2D eigenvalue weighted by molar-refractivity contribution is 5.76. The molecule has 1 fully saturated rings. The van der Waals surface area contributed by atoms with Crippen molar-refractivity contribution >= 4 is 5.91 Å². The zero-order valence-corrected chi connectivity index (χ0v) is 13.2. The second-order valence-electron chi connectivity index (χ2n) is 7.05. The molecule has 3 nitrogen and oxygen atoms in total. The third-order valence-corrected chi connectivity index (χ3v) is 4.36. The molecular formula is C16H32N2O. The molecule has 112 valence electrons. The Morgan fingerprint density at radius 1 is 1.32 bits per heavy atom. The van der Waals surface area contributed by atoms with Gasteiger partial charge in [0.25, 0.3) is 0 Å². The van der Waals surface area contributed by atoms with Gasteiger partial charge in [-0.2, -0.15) is 0 Å². The molecule has 1 aliphatic carbocycles. The van der Waals surface area contributed by atoms with Crippen molar-refractivity contribution in [3.8, 4) is 0 Å². The van der Waals surface area contributed by atoms with E-state index in [1.165, 1.54) is 12.8 Å². The van der Waals surface area contributed by atoms with Crippen LogP contribution < -0.4 is 5.73 Å². The minimum atomic E-state index is 0.243. The van der Waals surface area contributed by atoms with E-state index in [1.807, 2.05) is 4.90 Å². The first-order valence-corrected chi connectivity index (χ1v) is 7.86. The van der Waals surface area contributed by atoms with Crippen molar-refractivity contribution in [2.75, 3.05) is 19.6 Å². The second-order valence-corrected chi connectivity index (χ2v) is 7.05. The van der Waals surface area contributed by atoms with Crippen LogP contribution in [-0.2, 0) is 4.79 Å². The number of hydrogen-bond donors (Lipinski definition) is 1. The highest BCUT2D eigenvalue weighted by Crippen LogP contribution is 2.33. The van der Waals surface area contributed by atoms with Crippen LogP contribution in [0.15, 0.2) is 0 Å². The Morgan fingerprint density at radius 3 is 2.37 bits per heavy atom. The second kappa shape index (κ2) is 7.28. The van der Waals surface area contributed by atoms with E-state index in [2.05, 4.69) is 27.7 Å². The molecule has 0 saturated heterocycles. The minimum Gasteiger partial charge on any atom is -0.343 e. The van der Waals surface area contributed by atoms with Crippen molar-refractivity contribution in [3.05, 3.63) is 0 Å². The molecule has 0 heterocycles. The number of amides is 1. The molecule has 3 heteroatoms. The molecule has 0 aromatic rings. The van der Waals surface area contributed by atoms with Gasteiger partial charge >= 0.3 is 0 Å². The maximum atomic E-state index is 12.3. The van der Waals surface area contributed by atoms with E-state index in [-0.39, 0.29) is 5.41 Å². The molecule has 19 heavy (non-hydrogen) atoms. The third-order valence-electron chi connectivity index (χ3n) is 4.36. The summed E-state index contributed by atoms with van der Waals surface area (Å²) in [5, 5.41) is 0. The minimum absolute atomic E-state index is 0.243. The van der Waals surface area contributed by atoms with Crippen LogP contribution in [0.1, 0.15) is 59.8 Å². The lowest BCUT2D eigenvalue weighted by molar-refractivity contribution is -0.131. The first-order chi connectivity index (χ1) is 8.88. The molecule has 0 bridgehead atoms. The quantitative estimate of drug-likeness (QED) is 0.735. The molecule has 1 saturated carbocycles. The smallest absolute Gasteiger partial charge is 0.222 e. The third kappa shape index (κ3) is 5.94. The van der Waals surface area contributed by atoms with E-state index in [1.54, 1.807) is 0 Å². The van der Waals surface area contributed by atoms with Crippen LogP contribution in [0.2, 0.25) is 0 Å². The molecule has 0 aliphatic heterocycles. The summed E-state index contributed by atoms with van der Waals surface area (Å²) in [4.78, 5) is 14.3. The van der Waals surface area contributed by atoms with Gasteiger partial charge in [-0.3, -0.25) is 4.79 Å². The topological polar surface area (TPSA) is 46.3 Å². The first-order valence-electron chi connectivity index (χ1n) is 7.86. The summed E-state index contributed by atoms with van der Waals surface area (Å²) < 4.78 is 0. The fraction of sp³-hybridized carbons (Fsp3) is 0.938. The highest BCUT2D eigenvalue weighted by atomic mass is 16.2. The van der Waals surface area contributed by atoms with Gasteiger partial charge in [0, 0.05) is 19.5 Å². The summed E-state index contributed by atoms with van der Waals surface area (Å²) >= 11 is 0. The molecule has 1 amide bonds. The van der Waals surface area contributed by atoms with Crippen LogP contribution in [0.4, 0.5) is 0 Å². The van der Waals surface area contributed by atoms with E-state index < -0.39 is 0 Å². The molecule has 0 aromatic heterocycles. The number of nitrogens with two attached hydrogens (primary N) is 1. The van der Waals surface area contributed by atoms with Crippen molar-refractivity contribution < 1.29 is 4.79 Å². The van der Waals surface area contributed by atoms with E-state index in [9.17, 15) is 4.79 Å². The number of nitrogens with zero attached hydrogens (tertiary/aromatic N) is 1. The van der Waals surface area contributed by atoms with Crippen molar-refractivity contribution in [2.45, 2.75) is 59.8 Å². The van der Waals surface area contributed by atoms with Crippen molar-refractivity contribution in [3.63, 3.8) is 0 Å². The summed E-state index contributed by atoms with van der Waals surface area (Å²) in [7, 11) is 0. The summed E-state index contributed by atoms with van der Waals surface area (Å²) in [6.07, 6.45) is 5.29. The summed E-state index contributed by atoms with van der Waals surface area (Å²) in [5.41, 5.74) is 5.94. The molecule has 2 N–H and O–H groups in total. The molecular weight excluding hydrogens is 236 g/mol.